The lowest BCUT2D eigenvalue weighted by Crippen LogP contribution is -2.23. The first-order chi connectivity index (χ1) is 9.99. The van der Waals surface area contributed by atoms with Gasteiger partial charge in [-0.05, 0) is 42.6 Å². The predicted molar refractivity (Wildman–Crippen MR) is 77.5 cm³/mol. The van der Waals surface area contributed by atoms with Crippen molar-refractivity contribution in [3.05, 3.63) is 52.2 Å². The van der Waals surface area contributed by atoms with Crippen LogP contribution >= 0.6 is 11.3 Å². The second-order valence-corrected chi connectivity index (χ2v) is 5.75. The van der Waals surface area contributed by atoms with Crippen LogP contribution in [0.15, 0.2) is 41.8 Å². The molecule has 2 aromatic rings. The number of rotatable bonds is 6. The quantitative estimate of drug-likeness (QED) is 0.875. The Kier molecular flexibility index (Phi) is 5.25. The number of thiophene rings is 1. The summed E-state index contributed by atoms with van der Waals surface area (Å²) in [5.41, 5.74) is 4.99. The van der Waals surface area contributed by atoms with E-state index in [9.17, 15) is 13.2 Å². The van der Waals surface area contributed by atoms with Crippen LogP contribution in [-0.2, 0) is 12.6 Å². The van der Waals surface area contributed by atoms with E-state index in [0.29, 0.717) is 13.2 Å². The van der Waals surface area contributed by atoms with E-state index in [1.165, 1.54) is 17.0 Å². The van der Waals surface area contributed by atoms with E-state index >= 15 is 0 Å². The summed E-state index contributed by atoms with van der Waals surface area (Å²) in [5.74, 6) is 0.299. The normalized spacial score (nSPS) is 13.1. The monoisotopic (exact) mass is 315 g/mol. The average molecular weight is 315 g/mol. The summed E-state index contributed by atoms with van der Waals surface area (Å²) in [7, 11) is 0. The number of benzene rings is 1. The van der Waals surface area contributed by atoms with Gasteiger partial charge in [0.25, 0.3) is 0 Å². The Morgan fingerprint density at radius 1 is 1.19 bits per heavy atom. The van der Waals surface area contributed by atoms with Crippen LogP contribution in [0.25, 0.3) is 0 Å². The Balaban J connectivity index is 1.95. The lowest BCUT2D eigenvalue weighted by atomic mass is 10.1. The molecular weight excluding hydrogens is 299 g/mol. The van der Waals surface area contributed by atoms with Gasteiger partial charge in [0.15, 0.2) is 0 Å². The van der Waals surface area contributed by atoms with Crippen molar-refractivity contribution < 1.29 is 17.9 Å². The van der Waals surface area contributed by atoms with Crippen LogP contribution in [0, 0.1) is 5.92 Å². The Morgan fingerprint density at radius 3 is 2.62 bits per heavy atom. The zero-order valence-corrected chi connectivity index (χ0v) is 12.1. The fraction of sp³-hybridized carbons (Fsp3) is 0.333. The van der Waals surface area contributed by atoms with Gasteiger partial charge < -0.3 is 10.5 Å². The van der Waals surface area contributed by atoms with Crippen LogP contribution < -0.4 is 10.5 Å². The minimum Gasteiger partial charge on any atom is -0.493 e. The molecule has 0 saturated carbocycles. The molecule has 0 bridgehead atoms. The summed E-state index contributed by atoms with van der Waals surface area (Å²) >= 11 is 1.63. The number of hydrogen-bond acceptors (Lipinski definition) is 3. The molecule has 2 rings (SSSR count). The highest BCUT2D eigenvalue weighted by Crippen LogP contribution is 2.31. The van der Waals surface area contributed by atoms with E-state index in [4.69, 9.17) is 10.5 Å². The van der Waals surface area contributed by atoms with Gasteiger partial charge in [-0.2, -0.15) is 13.2 Å². The van der Waals surface area contributed by atoms with Crippen LogP contribution in [0.1, 0.15) is 10.4 Å². The molecule has 0 spiro atoms. The second-order valence-electron chi connectivity index (χ2n) is 4.72. The smallest absolute Gasteiger partial charge is 0.416 e. The maximum atomic E-state index is 12.6. The lowest BCUT2D eigenvalue weighted by molar-refractivity contribution is -0.137. The molecule has 1 atom stereocenters. The molecule has 0 aliphatic heterocycles. The zero-order chi connectivity index (χ0) is 15.3. The van der Waals surface area contributed by atoms with E-state index < -0.39 is 11.7 Å². The summed E-state index contributed by atoms with van der Waals surface area (Å²) in [6.45, 7) is 0.729. The molecule has 0 amide bonds. The topological polar surface area (TPSA) is 35.2 Å². The molecule has 0 aliphatic rings. The van der Waals surface area contributed by atoms with Crippen LogP contribution in [-0.4, -0.2) is 13.2 Å². The molecule has 1 unspecified atom stereocenters. The van der Waals surface area contributed by atoms with Gasteiger partial charge in [-0.3, -0.25) is 0 Å². The number of alkyl halides is 3. The minimum absolute atomic E-state index is 0.0817. The van der Waals surface area contributed by atoms with Crippen molar-refractivity contribution >= 4 is 11.3 Å². The molecule has 1 heterocycles. The highest BCUT2D eigenvalue weighted by molar-refractivity contribution is 7.09. The molecule has 21 heavy (non-hydrogen) atoms. The summed E-state index contributed by atoms with van der Waals surface area (Å²) in [4.78, 5) is 1.19. The molecule has 1 aromatic heterocycles. The van der Waals surface area contributed by atoms with Gasteiger partial charge in [-0.25, -0.2) is 0 Å². The van der Waals surface area contributed by atoms with Gasteiger partial charge in [-0.1, -0.05) is 12.1 Å². The van der Waals surface area contributed by atoms with Crippen molar-refractivity contribution in [1.82, 2.24) is 0 Å². The van der Waals surface area contributed by atoms with E-state index in [1.807, 2.05) is 17.5 Å². The third kappa shape index (κ3) is 4.75. The molecule has 114 valence electrons. The Morgan fingerprint density at radius 2 is 2.00 bits per heavy atom. The van der Waals surface area contributed by atoms with Gasteiger partial charge in [-0.15, -0.1) is 11.3 Å². The molecule has 0 fully saturated rings. The molecule has 0 aliphatic carbocycles. The maximum Gasteiger partial charge on any atom is 0.416 e. The van der Waals surface area contributed by atoms with Gasteiger partial charge in [0, 0.05) is 10.8 Å². The molecule has 2 nitrogen and oxygen atoms in total. The van der Waals surface area contributed by atoms with Crippen LogP contribution in [0.4, 0.5) is 13.2 Å². The average Bonchev–Trinajstić information content (AvgIpc) is 2.95. The van der Waals surface area contributed by atoms with E-state index in [-0.39, 0.29) is 11.7 Å². The van der Waals surface area contributed by atoms with Crippen molar-refractivity contribution in [3.8, 4) is 5.75 Å². The Labute approximate surface area is 125 Å². The highest BCUT2D eigenvalue weighted by atomic mass is 32.1. The van der Waals surface area contributed by atoms with Gasteiger partial charge in [0.05, 0.1) is 12.2 Å². The highest BCUT2D eigenvalue weighted by Gasteiger charge is 2.30. The first kappa shape index (κ1) is 15.9. The zero-order valence-electron chi connectivity index (χ0n) is 11.3. The summed E-state index contributed by atoms with van der Waals surface area (Å²) in [6.07, 6.45) is -3.59. The summed E-state index contributed by atoms with van der Waals surface area (Å²) in [5, 5.41) is 1.98. The first-order valence-electron chi connectivity index (χ1n) is 6.51. The number of halogens is 3. The molecule has 6 heteroatoms. The second kappa shape index (κ2) is 6.95. The van der Waals surface area contributed by atoms with Crippen molar-refractivity contribution in [3.63, 3.8) is 0 Å². The third-order valence-corrected chi connectivity index (χ3v) is 3.95. The number of hydrogen-bond donors (Lipinski definition) is 1. The Bertz CT molecular complexity index is 554. The predicted octanol–water partition coefficient (Wildman–Crippen LogP) is 3.96. The fourth-order valence-corrected chi connectivity index (χ4v) is 2.72. The lowest BCUT2D eigenvalue weighted by Gasteiger charge is -2.16. The third-order valence-electron chi connectivity index (χ3n) is 3.05. The minimum atomic E-state index is -4.36. The molecule has 0 saturated heterocycles. The van der Waals surface area contributed by atoms with Crippen LogP contribution in [0.2, 0.25) is 0 Å². The molecular formula is C15H16F3NOS. The van der Waals surface area contributed by atoms with Crippen molar-refractivity contribution in [1.29, 1.82) is 0 Å². The molecule has 1 aromatic carbocycles. The van der Waals surface area contributed by atoms with Gasteiger partial charge in [0.2, 0.25) is 0 Å². The van der Waals surface area contributed by atoms with Gasteiger partial charge >= 0.3 is 6.18 Å². The summed E-state index contributed by atoms with van der Waals surface area (Å²) in [6, 6.07) is 8.87. The number of ether oxygens (including phenoxy) is 1. The maximum absolute atomic E-state index is 12.6. The van der Waals surface area contributed by atoms with Crippen LogP contribution in [0.3, 0.4) is 0 Å². The Hall–Kier alpha value is -1.53. The van der Waals surface area contributed by atoms with Crippen molar-refractivity contribution in [2.45, 2.75) is 12.6 Å². The molecule has 2 N–H and O–H groups in total. The number of nitrogens with two attached hydrogens (primary N) is 1. The van der Waals surface area contributed by atoms with E-state index in [1.54, 1.807) is 11.3 Å². The first-order valence-corrected chi connectivity index (χ1v) is 7.39. The summed E-state index contributed by atoms with van der Waals surface area (Å²) < 4.78 is 43.3. The van der Waals surface area contributed by atoms with E-state index in [0.717, 1.165) is 18.6 Å². The van der Waals surface area contributed by atoms with Crippen molar-refractivity contribution in [2.75, 3.05) is 13.2 Å². The SMILES string of the molecule is NCC(COc1cccc(C(F)(F)F)c1)Cc1cccs1. The largest absolute Gasteiger partial charge is 0.493 e. The van der Waals surface area contributed by atoms with Gasteiger partial charge in [0.1, 0.15) is 5.75 Å². The van der Waals surface area contributed by atoms with Crippen LogP contribution in [0.5, 0.6) is 5.75 Å². The fourth-order valence-electron chi connectivity index (χ4n) is 1.90. The van der Waals surface area contributed by atoms with Crippen molar-refractivity contribution in [2.24, 2.45) is 11.7 Å². The standard InChI is InChI=1S/C15H16F3NOS/c16-15(17,18)12-3-1-4-13(8-12)20-10-11(9-19)7-14-5-2-6-21-14/h1-6,8,11H,7,9-10,19H2. The molecule has 0 radical (unpaired) electrons. The van der Waals surface area contributed by atoms with E-state index in [2.05, 4.69) is 0 Å².